The molecule has 1 aliphatic heterocycles. The van der Waals surface area contributed by atoms with Crippen molar-refractivity contribution in [2.75, 3.05) is 4.90 Å². The maximum Gasteiger partial charge on any atom is 0.148 e. The van der Waals surface area contributed by atoms with Crippen molar-refractivity contribution in [1.29, 1.82) is 0 Å². The van der Waals surface area contributed by atoms with Gasteiger partial charge in [0.25, 0.3) is 0 Å². The van der Waals surface area contributed by atoms with Crippen molar-refractivity contribution in [3.05, 3.63) is 140 Å². The van der Waals surface area contributed by atoms with Crippen LogP contribution in [0.1, 0.15) is 0 Å². The van der Waals surface area contributed by atoms with Crippen molar-refractivity contribution < 1.29 is 0 Å². The van der Waals surface area contributed by atoms with E-state index in [-0.39, 0.29) is 0 Å². The Kier molecular flexibility index (Phi) is 4.83. The van der Waals surface area contributed by atoms with Gasteiger partial charge in [-0.2, -0.15) is 0 Å². The van der Waals surface area contributed by atoms with Gasteiger partial charge in [-0.1, -0.05) is 78.9 Å². The third-order valence-corrected chi connectivity index (χ3v) is 8.14. The third kappa shape index (κ3) is 3.28. The minimum Gasteiger partial charge on any atom is -0.294 e. The first-order valence-corrected chi connectivity index (χ1v) is 14.1. The van der Waals surface area contributed by atoms with Crippen molar-refractivity contribution in [3.63, 3.8) is 0 Å². The van der Waals surface area contributed by atoms with Crippen molar-refractivity contribution in [1.82, 2.24) is 19.5 Å². The SMILES string of the molecule is c1ccc(-n2c(-c3cccc(N4c5ccccc5-c5nccc6c5c4nc4ccccc46)c3)nc3ccccc32)cc1. The zero-order chi connectivity index (χ0) is 27.6. The average Bonchev–Trinajstić information content (AvgIpc) is 3.45. The molecule has 0 saturated heterocycles. The molecule has 0 N–H and O–H groups in total. The molecule has 1 aliphatic rings. The highest BCUT2D eigenvalue weighted by molar-refractivity contribution is 6.19. The minimum absolute atomic E-state index is 0.888. The second kappa shape index (κ2) is 8.85. The fraction of sp³-hybridized carbons (Fsp3) is 0. The van der Waals surface area contributed by atoms with Crippen LogP contribution >= 0.6 is 0 Å². The number of rotatable bonds is 3. The maximum absolute atomic E-state index is 5.26. The average molecular weight is 538 g/mol. The van der Waals surface area contributed by atoms with Crippen LogP contribution in [0.5, 0.6) is 0 Å². The molecule has 8 aromatic rings. The second-order valence-corrected chi connectivity index (χ2v) is 10.5. The van der Waals surface area contributed by atoms with Crippen LogP contribution in [0.3, 0.4) is 0 Å². The monoisotopic (exact) mass is 537 g/mol. The molecule has 42 heavy (non-hydrogen) atoms. The molecule has 196 valence electrons. The predicted octanol–water partition coefficient (Wildman–Crippen LogP) is 9.24. The van der Waals surface area contributed by atoms with Gasteiger partial charge >= 0.3 is 0 Å². The van der Waals surface area contributed by atoms with E-state index in [2.05, 4.69) is 125 Å². The minimum atomic E-state index is 0.888. The molecule has 0 amide bonds. The van der Waals surface area contributed by atoms with E-state index in [1.54, 1.807) is 0 Å². The van der Waals surface area contributed by atoms with Gasteiger partial charge in [0.15, 0.2) is 0 Å². The van der Waals surface area contributed by atoms with Gasteiger partial charge in [-0.3, -0.25) is 14.5 Å². The van der Waals surface area contributed by atoms with Crippen molar-refractivity contribution in [3.8, 4) is 28.3 Å². The number of hydrogen-bond acceptors (Lipinski definition) is 4. The molecule has 5 aromatic carbocycles. The molecular weight excluding hydrogens is 514 g/mol. The normalized spacial score (nSPS) is 12.2. The molecule has 0 fully saturated rings. The van der Waals surface area contributed by atoms with E-state index < -0.39 is 0 Å². The summed E-state index contributed by atoms with van der Waals surface area (Å²) >= 11 is 0. The lowest BCUT2D eigenvalue weighted by Gasteiger charge is -2.32. The molecular formula is C37H23N5. The van der Waals surface area contributed by atoms with E-state index in [0.717, 1.165) is 78.2 Å². The Morgan fingerprint density at radius 1 is 0.548 bits per heavy atom. The van der Waals surface area contributed by atoms with E-state index in [9.17, 15) is 0 Å². The Labute approximate surface area is 242 Å². The molecule has 0 spiro atoms. The summed E-state index contributed by atoms with van der Waals surface area (Å²) in [5.74, 6) is 1.78. The quantitative estimate of drug-likeness (QED) is 0.211. The van der Waals surface area contributed by atoms with Gasteiger partial charge in [0.2, 0.25) is 0 Å². The molecule has 9 rings (SSSR count). The Morgan fingerprint density at radius 2 is 1.31 bits per heavy atom. The number of benzene rings is 5. The lowest BCUT2D eigenvalue weighted by atomic mass is 9.95. The van der Waals surface area contributed by atoms with Gasteiger partial charge < -0.3 is 0 Å². The van der Waals surface area contributed by atoms with Gasteiger partial charge in [-0.05, 0) is 60.0 Å². The smallest absolute Gasteiger partial charge is 0.148 e. The number of fused-ring (bicyclic) bond motifs is 5. The van der Waals surface area contributed by atoms with Gasteiger partial charge in [-0.25, -0.2) is 9.97 Å². The number of imidazole rings is 1. The Bertz CT molecular complexity index is 2320. The first-order chi connectivity index (χ1) is 20.8. The topological polar surface area (TPSA) is 46.8 Å². The molecule has 0 atom stereocenters. The number of para-hydroxylation sites is 5. The van der Waals surface area contributed by atoms with Crippen LogP contribution in [-0.2, 0) is 0 Å². The summed E-state index contributed by atoms with van der Waals surface area (Å²) in [4.78, 5) is 17.5. The summed E-state index contributed by atoms with van der Waals surface area (Å²) in [7, 11) is 0. The molecule has 0 saturated carbocycles. The van der Waals surface area contributed by atoms with E-state index >= 15 is 0 Å². The lowest BCUT2D eigenvalue weighted by Crippen LogP contribution is -2.17. The zero-order valence-electron chi connectivity index (χ0n) is 22.5. The fourth-order valence-electron chi connectivity index (χ4n) is 6.33. The van der Waals surface area contributed by atoms with Crippen LogP contribution in [-0.4, -0.2) is 19.5 Å². The van der Waals surface area contributed by atoms with Crippen molar-refractivity contribution in [2.45, 2.75) is 0 Å². The molecule has 0 bridgehead atoms. The van der Waals surface area contributed by atoms with Gasteiger partial charge in [0, 0.05) is 34.1 Å². The van der Waals surface area contributed by atoms with Gasteiger partial charge in [-0.15, -0.1) is 0 Å². The summed E-state index contributed by atoms with van der Waals surface area (Å²) < 4.78 is 2.24. The highest BCUT2D eigenvalue weighted by Gasteiger charge is 2.29. The van der Waals surface area contributed by atoms with Crippen molar-refractivity contribution in [2.24, 2.45) is 0 Å². The molecule has 0 aliphatic carbocycles. The number of nitrogens with zero attached hydrogens (tertiary/aromatic N) is 5. The van der Waals surface area contributed by atoms with Gasteiger partial charge in [0.05, 0.1) is 33.3 Å². The first kappa shape index (κ1) is 22.9. The molecule has 0 unspecified atom stereocenters. The fourth-order valence-corrected chi connectivity index (χ4v) is 6.33. The first-order valence-electron chi connectivity index (χ1n) is 14.1. The Hall–Kier alpha value is -5.81. The second-order valence-electron chi connectivity index (χ2n) is 10.5. The van der Waals surface area contributed by atoms with Crippen LogP contribution in [0.2, 0.25) is 0 Å². The van der Waals surface area contributed by atoms with Crippen LogP contribution in [0.25, 0.3) is 61.0 Å². The number of hydrogen-bond donors (Lipinski definition) is 0. The molecule has 5 nitrogen and oxygen atoms in total. The number of anilines is 3. The summed E-state index contributed by atoms with van der Waals surface area (Å²) in [5.41, 5.74) is 9.24. The maximum atomic E-state index is 5.26. The van der Waals surface area contributed by atoms with E-state index in [1.165, 1.54) is 0 Å². The highest BCUT2D eigenvalue weighted by Crippen LogP contribution is 2.50. The molecule has 5 heteroatoms. The summed E-state index contributed by atoms with van der Waals surface area (Å²) in [6.07, 6.45) is 1.91. The molecule has 0 radical (unpaired) electrons. The summed E-state index contributed by atoms with van der Waals surface area (Å²) in [6.45, 7) is 0. The van der Waals surface area contributed by atoms with Crippen LogP contribution < -0.4 is 4.90 Å². The molecule has 4 heterocycles. The van der Waals surface area contributed by atoms with E-state index in [0.29, 0.717) is 0 Å². The van der Waals surface area contributed by atoms with Crippen LogP contribution in [0, 0.1) is 0 Å². The standard InChI is InChI=1S/C37H23N5/c1-2-12-25(13-3-1)41-33-20-9-7-18-31(33)40-36(41)24-11-10-14-26(23-24)42-32-19-8-5-16-29(32)35-34-28(21-22-38-35)27-15-4-6-17-30(27)39-37(34)42/h1-23H. The van der Waals surface area contributed by atoms with Crippen molar-refractivity contribution >= 4 is 49.9 Å². The Morgan fingerprint density at radius 3 is 2.24 bits per heavy atom. The van der Waals surface area contributed by atoms with Gasteiger partial charge in [0.1, 0.15) is 11.6 Å². The third-order valence-electron chi connectivity index (χ3n) is 8.14. The van der Waals surface area contributed by atoms with Crippen LogP contribution in [0.4, 0.5) is 17.2 Å². The summed E-state index contributed by atoms with van der Waals surface area (Å²) in [5, 5.41) is 3.35. The number of pyridine rings is 2. The van der Waals surface area contributed by atoms with E-state index in [4.69, 9.17) is 15.0 Å². The summed E-state index contributed by atoms with van der Waals surface area (Å²) in [6, 6.07) is 46.3. The lowest BCUT2D eigenvalue weighted by molar-refractivity contribution is 1.10. The largest absolute Gasteiger partial charge is 0.294 e. The van der Waals surface area contributed by atoms with Crippen LogP contribution in [0.15, 0.2) is 140 Å². The number of aromatic nitrogens is 4. The Balaban J connectivity index is 1.32. The predicted molar refractivity (Wildman–Crippen MR) is 171 cm³/mol. The highest BCUT2D eigenvalue weighted by atomic mass is 15.2. The molecule has 3 aromatic heterocycles. The zero-order valence-corrected chi connectivity index (χ0v) is 22.5. The van der Waals surface area contributed by atoms with E-state index in [1.807, 2.05) is 24.4 Å².